The van der Waals surface area contributed by atoms with Crippen LogP contribution < -0.4 is 0 Å². The van der Waals surface area contributed by atoms with E-state index in [0.717, 1.165) is 11.8 Å². The molecule has 2 rings (SSSR count). The summed E-state index contributed by atoms with van der Waals surface area (Å²) in [5.41, 5.74) is 1.64. The Bertz CT molecular complexity index is 216. The zero-order valence-electron chi connectivity index (χ0n) is 8.63. The predicted octanol–water partition coefficient (Wildman–Crippen LogP) is 4.73. The fourth-order valence-corrected chi connectivity index (χ4v) is 2.48. The average Bonchev–Trinajstić information content (AvgIpc) is 2.20. The molecule has 0 saturated heterocycles. The fraction of sp³-hybridized carbons (Fsp3) is 0.714. The van der Waals surface area contributed by atoms with E-state index in [2.05, 4.69) is 25.2 Å². The van der Waals surface area contributed by atoms with Crippen LogP contribution in [0.15, 0.2) is 23.8 Å². The van der Waals surface area contributed by atoms with Gasteiger partial charge in [-0.1, -0.05) is 51.8 Å². The topological polar surface area (TPSA) is 0 Å². The van der Waals surface area contributed by atoms with Crippen LogP contribution in [0.2, 0.25) is 0 Å². The highest BCUT2D eigenvalue weighted by Crippen LogP contribution is 2.32. The van der Waals surface area contributed by atoms with Crippen molar-refractivity contribution < 1.29 is 0 Å². The number of rotatable bonds is 1. The molecule has 2 aliphatic rings. The van der Waals surface area contributed by atoms with Gasteiger partial charge in [0.1, 0.15) is 0 Å². The standard InChI is InChI=1S/C13H20.CH4/c1-11-7-9-13(10-8-11)12-5-3-2-4-6-12;/h7,9-12H,2-6,8H2,1H3;1H4. The van der Waals surface area contributed by atoms with Gasteiger partial charge in [-0.15, -0.1) is 0 Å². The van der Waals surface area contributed by atoms with Gasteiger partial charge >= 0.3 is 0 Å². The van der Waals surface area contributed by atoms with Crippen LogP contribution in [0.4, 0.5) is 0 Å². The van der Waals surface area contributed by atoms with Crippen molar-refractivity contribution in [3.63, 3.8) is 0 Å². The first kappa shape index (κ1) is 11.6. The molecular weight excluding hydrogens is 168 g/mol. The molecule has 1 fully saturated rings. The van der Waals surface area contributed by atoms with Crippen molar-refractivity contribution in [2.75, 3.05) is 0 Å². The van der Waals surface area contributed by atoms with Crippen molar-refractivity contribution in [1.29, 1.82) is 0 Å². The smallest absolute Gasteiger partial charge is 0.0165 e. The quantitative estimate of drug-likeness (QED) is 0.563. The molecule has 0 aliphatic heterocycles. The lowest BCUT2D eigenvalue weighted by molar-refractivity contribution is 0.405. The highest BCUT2D eigenvalue weighted by molar-refractivity contribution is 5.26. The van der Waals surface area contributed by atoms with Crippen LogP contribution in [-0.2, 0) is 0 Å². The van der Waals surface area contributed by atoms with Crippen molar-refractivity contribution in [2.24, 2.45) is 11.8 Å². The summed E-state index contributed by atoms with van der Waals surface area (Å²) >= 11 is 0. The summed E-state index contributed by atoms with van der Waals surface area (Å²) in [5, 5.41) is 0. The molecule has 1 unspecified atom stereocenters. The summed E-state index contributed by atoms with van der Waals surface area (Å²) in [6.07, 6.45) is 15.7. The third kappa shape index (κ3) is 2.73. The number of hydrogen-bond acceptors (Lipinski definition) is 0. The normalized spacial score (nSPS) is 28.1. The minimum Gasteiger partial charge on any atom is -0.0811 e. The Balaban J connectivity index is 0.000000980. The second-order valence-corrected chi connectivity index (χ2v) is 4.61. The van der Waals surface area contributed by atoms with Crippen molar-refractivity contribution in [2.45, 2.75) is 52.9 Å². The molecule has 0 radical (unpaired) electrons. The van der Waals surface area contributed by atoms with Gasteiger partial charge < -0.3 is 0 Å². The zero-order chi connectivity index (χ0) is 9.10. The summed E-state index contributed by atoms with van der Waals surface area (Å²) in [5.74, 6) is 1.67. The van der Waals surface area contributed by atoms with Crippen LogP contribution >= 0.6 is 0 Å². The average molecular weight is 192 g/mol. The van der Waals surface area contributed by atoms with E-state index in [0.29, 0.717) is 0 Å². The molecule has 0 aromatic heterocycles. The van der Waals surface area contributed by atoms with Gasteiger partial charge in [-0.3, -0.25) is 0 Å². The van der Waals surface area contributed by atoms with Gasteiger partial charge in [0, 0.05) is 0 Å². The van der Waals surface area contributed by atoms with Gasteiger partial charge in [-0.05, 0) is 36.7 Å². The molecule has 1 atom stereocenters. The van der Waals surface area contributed by atoms with E-state index in [4.69, 9.17) is 0 Å². The molecule has 0 amide bonds. The summed E-state index contributed by atoms with van der Waals surface area (Å²) in [7, 11) is 0. The van der Waals surface area contributed by atoms with Crippen LogP contribution in [-0.4, -0.2) is 0 Å². The molecule has 0 aromatic rings. The first-order valence-corrected chi connectivity index (χ1v) is 5.74. The Morgan fingerprint density at radius 1 is 1.14 bits per heavy atom. The minimum atomic E-state index is 0. The molecule has 0 spiro atoms. The highest BCUT2D eigenvalue weighted by atomic mass is 14.2. The van der Waals surface area contributed by atoms with Gasteiger partial charge in [0.2, 0.25) is 0 Å². The van der Waals surface area contributed by atoms with E-state index in [9.17, 15) is 0 Å². The van der Waals surface area contributed by atoms with E-state index >= 15 is 0 Å². The van der Waals surface area contributed by atoms with Gasteiger partial charge in [0.15, 0.2) is 0 Å². The molecule has 1 saturated carbocycles. The predicted molar refractivity (Wildman–Crippen MR) is 64.3 cm³/mol. The summed E-state index contributed by atoms with van der Waals surface area (Å²) in [6, 6.07) is 0. The summed E-state index contributed by atoms with van der Waals surface area (Å²) in [4.78, 5) is 0. The largest absolute Gasteiger partial charge is 0.0811 e. The first-order valence-electron chi connectivity index (χ1n) is 5.74. The Morgan fingerprint density at radius 3 is 2.43 bits per heavy atom. The van der Waals surface area contributed by atoms with Crippen molar-refractivity contribution in [3.05, 3.63) is 23.8 Å². The second kappa shape index (κ2) is 5.38. The van der Waals surface area contributed by atoms with Crippen LogP contribution in [0.25, 0.3) is 0 Å². The molecule has 0 N–H and O–H groups in total. The fourth-order valence-electron chi connectivity index (χ4n) is 2.48. The molecule has 0 heterocycles. The van der Waals surface area contributed by atoms with Crippen LogP contribution in [0, 0.1) is 11.8 Å². The minimum absolute atomic E-state index is 0. The monoisotopic (exact) mass is 192 g/mol. The molecule has 2 aliphatic carbocycles. The summed E-state index contributed by atoms with van der Waals surface area (Å²) < 4.78 is 0. The van der Waals surface area contributed by atoms with Gasteiger partial charge in [-0.25, -0.2) is 0 Å². The Kier molecular flexibility index (Phi) is 4.44. The SMILES string of the molecule is C.CC1C=CC(C2CCCCC2)=CC1. The zero-order valence-corrected chi connectivity index (χ0v) is 8.63. The molecule has 0 nitrogen and oxygen atoms in total. The molecule has 0 bridgehead atoms. The van der Waals surface area contributed by atoms with E-state index in [1.807, 2.05) is 0 Å². The van der Waals surface area contributed by atoms with Crippen molar-refractivity contribution in [1.82, 2.24) is 0 Å². The Morgan fingerprint density at radius 2 is 1.86 bits per heavy atom. The molecular formula is C14H24. The highest BCUT2D eigenvalue weighted by Gasteiger charge is 2.17. The van der Waals surface area contributed by atoms with E-state index in [-0.39, 0.29) is 7.43 Å². The lowest BCUT2D eigenvalue weighted by Gasteiger charge is -2.25. The van der Waals surface area contributed by atoms with Gasteiger partial charge in [0.05, 0.1) is 0 Å². The molecule has 0 aromatic carbocycles. The maximum Gasteiger partial charge on any atom is -0.0165 e. The molecule has 80 valence electrons. The van der Waals surface area contributed by atoms with E-state index < -0.39 is 0 Å². The second-order valence-electron chi connectivity index (χ2n) is 4.61. The molecule has 14 heavy (non-hydrogen) atoms. The van der Waals surface area contributed by atoms with E-state index in [1.165, 1.54) is 38.5 Å². The summed E-state index contributed by atoms with van der Waals surface area (Å²) in [6.45, 7) is 2.30. The third-order valence-corrected chi connectivity index (χ3v) is 3.42. The third-order valence-electron chi connectivity index (χ3n) is 3.42. The lowest BCUT2D eigenvalue weighted by atomic mass is 9.81. The van der Waals surface area contributed by atoms with Crippen LogP contribution in [0.3, 0.4) is 0 Å². The van der Waals surface area contributed by atoms with Crippen LogP contribution in [0.1, 0.15) is 52.9 Å². The van der Waals surface area contributed by atoms with Crippen LogP contribution in [0.5, 0.6) is 0 Å². The van der Waals surface area contributed by atoms with Gasteiger partial charge in [0.25, 0.3) is 0 Å². The number of allylic oxidation sites excluding steroid dienone is 4. The Labute approximate surface area is 89.1 Å². The number of hydrogen-bond donors (Lipinski definition) is 0. The van der Waals surface area contributed by atoms with Crippen molar-refractivity contribution >= 4 is 0 Å². The maximum absolute atomic E-state index is 2.47. The maximum atomic E-state index is 2.47. The van der Waals surface area contributed by atoms with E-state index in [1.54, 1.807) is 5.57 Å². The molecule has 0 heteroatoms. The first-order chi connectivity index (χ1) is 6.36. The lowest BCUT2D eigenvalue weighted by Crippen LogP contribution is -2.10. The van der Waals surface area contributed by atoms with Crippen molar-refractivity contribution in [3.8, 4) is 0 Å². The Hall–Kier alpha value is -0.520. The van der Waals surface area contributed by atoms with Gasteiger partial charge in [-0.2, -0.15) is 0 Å².